The van der Waals surface area contributed by atoms with Crippen LogP contribution in [0.5, 0.6) is 5.75 Å². The average Bonchev–Trinajstić information content (AvgIpc) is 3.52. The minimum absolute atomic E-state index is 0.0930. The van der Waals surface area contributed by atoms with E-state index in [1.165, 1.54) is 20.3 Å². The van der Waals surface area contributed by atoms with Crippen LogP contribution in [0.25, 0.3) is 0 Å². The number of hydrogen-bond acceptors (Lipinski definition) is 7. The fraction of sp³-hybridized carbons (Fsp3) is 0.481. The number of amides is 2. The lowest BCUT2D eigenvalue weighted by Gasteiger charge is -2.42. The van der Waals surface area contributed by atoms with Crippen molar-refractivity contribution < 1.29 is 33.6 Å². The van der Waals surface area contributed by atoms with Crippen LogP contribution in [0.3, 0.4) is 0 Å². The first-order valence-electron chi connectivity index (χ1n) is 12.1. The van der Waals surface area contributed by atoms with Gasteiger partial charge in [0.25, 0.3) is 0 Å². The molecule has 0 saturated carbocycles. The Balaban J connectivity index is 1.72. The molecule has 1 aromatic carbocycles. The summed E-state index contributed by atoms with van der Waals surface area (Å²) in [6, 6.07) is 3.63. The second kappa shape index (κ2) is 10.5. The van der Waals surface area contributed by atoms with Gasteiger partial charge >= 0.3 is 6.09 Å². The van der Waals surface area contributed by atoms with Crippen molar-refractivity contribution in [2.24, 2.45) is 5.92 Å². The minimum atomic E-state index is -1.68. The highest BCUT2D eigenvalue weighted by molar-refractivity contribution is 6.35. The maximum Gasteiger partial charge on any atom is 0.409 e. The summed E-state index contributed by atoms with van der Waals surface area (Å²) in [5.41, 5.74) is -0.102. The Morgan fingerprint density at radius 3 is 2.70 bits per heavy atom. The molecule has 3 N–H and O–H groups in total. The van der Waals surface area contributed by atoms with Gasteiger partial charge in [-0.1, -0.05) is 42.3 Å². The van der Waals surface area contributed by atoms with E-state index in [-0.39, 0.29) is 24.3 Å². The molecule has 0 radical (unpaired) electrons. The molecule has 2 saturated heterocycles. The molecular weight excluding hydrogens is 500 g/mol. The Hall–Kier alpha value is -2.85. The Morgan fingerprint density at radius 1 is 1.24 bits per heavy atom. The van der Waals surface area contributed by atoms with E-state index in [4.69, 9.17) is 30.5 Å². The fourth-order valence-electron chi connectivity index (χ4n) is 4.97. The number of epoxide rings is 1. The third-order valence-electron chi connectivity index (χ3n) is 7.06. The topological polar surface area (TPSA) is 119 Å². The molecule has 2 fully saturated rings. The first kappa shape index (κ1) is 27.2. The quantitative estimate of drug-likeness (QED) is 0.494. The Kier molecular flexibility index (Phi) is 7.71. The van der Waals surface area contributed by atoms with Crippen molar-refractivity contribution in [2.75, 3.05) is 19.5 Å². The largest absolute Gasteiger partial charge is 0.495 e. The number of methoxy groups -OCH3 is 2. The van der Waals surface area contributed by atoms with Crippen molar-refractivity contribution in [3.8, 4) is 5.75 Å². The first-order chi connectivity index (χ1) is 17.5. The summed E-state index contributed by atoms with van der Waals surface area (Å²) in [5.74, 6) is -0.192. The summed E-state index contributed by atoms with van der Waals surface area (Å²) in [6.45, 7) is 5.69. The van der Waals surface area contributed by atoms with Crippen LogP contribution in [0.15, 0.2) is 48.1 Å². The van der Waals surface area contributed by atoms with E-state index in [1.54, 1.807) is 18.2 Å². The highest BCUT2D eigenvalue weighted by atomic mass is 35.5. The molecule has 4 rings (SSSR count). The molecule has 0 unspecified atom stereocenters. The van der Waals surface area contributed by atoms with Gasteiger partial charge < -0.3 is 29.4 Å². The fourth-order valence-corrected chi connectivity index (χ4v) is 5.20. The highest BCUT2D eigenvalue weighted by Gasteiger charge is 2.57. The zero-order valence-corrected chi connectivity index (χ0v) is 22.3. The van der Waals surface area contributed by atoms with Gasteiger partial charge in [0.15, 0.2) is 5.72 Å². The summed E-state index contributed by atoms with van der Waals surface area (Å²) in [5, 5.41) is 17.0. The van der Waals surface area contributed by atoms with Crippen molar-refractivity contribution in [3.63, 3.8) is 0 Å². The number of aliphatic hydroxyl groups is 1. The van der Waals surface area contributed by atoms with E-state index in [0.29, 0.717) is 22.9 Å². The highest BCUT2D eigenvalue weighted by Crippen LogP contribution is 2.45. The van der Waals surface area contributed by atoms with Crippen LogP contribution in [0.4, 0.5) is 10.5 Å². The molecule has 4 bridgehead atoms. The van der Waals surface area contributed by atoms with E-state index in [1.807, 2.05) is 39.0 Å². The van der Waals surface area contributed by atoms with Crippen molar-refractivity contribution in [1.82, 2.24) is 5.32 Å². The van der Waals surface area contributed by atoms with Crippen LogP contribution in [-0.2, 0) is 25.4 Å². The Bertz CT molecular complexity index is 1170. The second-order valence-corrected chi connectivity index (χ2v) is 10.4. The van der Waals surface area contributed by atoms with Crippen molar-refractivity contribution >= 4 is 29.3 Å². The molecule has 3 heterocycles. The van der Waals surface area contributed by atoms with Gasteiger partial charge in [0.05, 0.1) is 18.9 Å². The van der Waals surface area contributed by atoms with Crippen LogP contribution < -0.4 is 15.4 Å². The van der Waals surface area contributed by atoms with Crippen LogP contribution in [0.2, 0.25) is 5.02 Å². The van der Waals surface area contributed by atoms with E-state index in [2.05, 4.69) is 10.6 Å². The number of carbonyl (C=O) groups excluding carboxylic acids is 2. The van der Waals surface area contributed by atoms with E-state index < -0.39 is 29.6 Å². The number of rotatable bonds is 2. The lowest BCUT2D eigenvalue weighted by atomic mass is 9.85. The van der Waals surface area contributed by atoms with Crippen LogP contribution in [0, 0.1) is 5.92 Å². The predicted octanol–water partition coefficient (Wildman–Crippen LogP) is 3.90. The van der Waals surface area contributed by atoms with Gasteiger partial charge in [-0.25, -0.2) is 4.79 Å². The monoisotopic (exact) mass is 532 g/mol. The second-order valence-electron chi connectivity index (χ2n) is 9.99. The molecule has 6 atom stereocenters. The Labute approximate surface area is 221 Å². The zero-order valence-electron chi connectivity index (χ0n) is 21.5. The maximum atomic E-state index is 12.8. The molecule has 0 spiro atoms. The van der Waals surface area contributed by atoms with E-state index in [9.17, 15) is 14.7 Å². The molecule has 2 amide bonds. The van der Waals surface area contributed by atoms with Crippen LogP contribution in [-0.4, -0.2) is 61.0 Å². The van der Waals surface area contributed by atoms with E-state index >= 15 is 0 Å². The number of alkyl carbamates (subject to hydrolysis) is 1. The number of hydrogen-bond donors (Lipinski definition) is 3. The van der Waals surface area contributed by atoms with Gasteiger partial charge in [0.2, 0.25) is 5.91 Å². The molecule has 1 aromatic rings. The summed E-state index contributed by atoms with van der Waals surface area (Å²) in [6.07, 6.45) is 6.56. The van der Waals surface area contributed by atoms with Gasteiger partial charge in [0.1, 0.15) is 28.6 Å². The standard InChI is InChI=1S/C27H33ClN2O7/c1-15-7-6-8-21(35-5)27(33)14-20(36-25(32)30-27)16(2)24-26(3,37-24)10-9-22(31)29-18-12-17(11-15)13-19(34-4)23(18)28/h6-10,12-13,16,20-21,24,33H,11,14H2,1-5H3,(H,29,31)(H,30,32)/b8-6+,10-9+,15-7+/t16-,20+,21-,24+,26+,27+/m1/s1. The van der Waals surface area contributed by atoms with Gasteiger partial charge in [-0.05, 0) is 44.0 Å². The number of allylic oxidation sites excluding steroid dienone is 3. The molecule has 0 aromatic heterocycles. The molecule has 3 aliphatic rings. The van der Waals surface area contributed by atoms with Crippen molar-refractivity contribution in [2.45, 2.75) is 63.3 Å². The van der Waals surface area contributed by atoms with Gasteiger partial charge in [-0.2, -0.15) is 0 Å². The molecule has 200 valence electrons. The molecular formula is C27H33ClN2O7. The lowest BCUT2D eigenvalue weighted by Crippen LogP contribution is -2.63. The summed E-state index contributed by atoms with van der Waals surface area (Å²) in [7, 11) is 2.99. The molecule has 3 aliphatic heterocycles. The van der Waals surface area contributed by atoms with Gasteiger partial charge in [0, 0.05) is 25.5 Å². The number of carbonyl (C=O) groups is 2. The summed E-state index contributed by atoms with van der Waals surface area (Å²) in [4.78, 5) is 25.2. The Morgan fingerprint density at radius 2 is 2.00 bits per heavy atom. The number of nitrogens with one attached hydrogen (secondary N) is 2. The third-order valence-corrected chi connectivity index (χ3v) is 7.45. The lowest BCUT2D eigenvalue weighted by molar-refractivity contribution is -0.142. The summed E-state index contributed by atoms with van der Waals surface area (Å²) >= 11 is 6.47. The third kappa shape index (κ3) is 5.85. The number of fused-ring (bicyclic) bond motifs is 5. The average molecular weight is 533 g/mol. The van der Waals surface area contributed by atoms with Crippen LogP contribution in [0.1, 0.15) is 32.8 Å². The van der Waals surface area contributed by atoms with Crippen LogP contribution >= 0.6 is 11.6 Å². The first-order valence-corrected chi connectivity index (χ1v) is 12.5. The molecule has 9 nitrogen and oxygen atoms in total. The summed E-state index contributed by atoms with van der Waals surface area (Å²) < 4.78 is 22.4. The van der Waals surface area contributed by atoms with E-state index in [0.717, 1.165) is 11.1 Å². The zero-order chi connectivity index (χ0) is 27.0. The van der Waals surface area contributed by atoms with Gasteiger partial charge in [-0.15, -0.1) is 0 Å². The minimum Gasteiger partial charge on any atom is -0.495 e. The number of halogens is 1. The van der Waals surface area contributed by atoms with Crippen molar-refractivity contribution in [3.05, 3.63) is 58.7 Å². The maximum absolute atomic E-state index is 12.8. The van der Waals surface area contributed by atoms with Crippen molar-refractivity contribution in [1.29, 1.82) is 0 Å². The predicted molar refractivity (Wildman–Crippen MR) is 139 cm³/mol. The number of anilines is 1. The number of benzene rings is 1. The molecule has 0 aliphatic carbocycles. The number of ether oxygens (including phenoxy) is 4. The van der Waals surface area contributed by atoms with Gasteiger partial charge in [-0.3, -0.25) is 10.1 Å². The molecule has 37 heavy (non-hydrogen) atoms. The smallest absolute Gasteiger partial charge is 0.409 e. The molecule has 10 heteroatoms. The normalized spacial score (nSPS) is 37.1. The SMILES string of the molecule is COc1cc2cc(c1Cl)NC(=O)/C=C/[C@]1(C)O[C@H]1[C@H](C)[C@@H]1C[C@@](O)(NC(=O)O1)[C@H](OC)/C=C/C=C(\C)C2.